The Morgan fingerprint density at radius 1 is 1.30 bits per heavy atom. The van der Waals surface area contributed by atoms with Gasteiger partial charge in [0.1, 0.15) is 0 Å². The van der Waals surface area contributed by atoms with Crippen LogP contribution in [0.2, 0.25) is 5.15 Å². The molecule has 3 aromatic rings. The average molecular weight is 462 g/mol. The monoisotopic (exact) mass is 460 g/mol. The van der Waals surface area contributed by atoms with Crippen molar-refractivity contribution in [3.63, 3.8) is 0 Å². The summed E-state index contributed by atoms with van der Waals surface area (Å²) >= 11 is 12.1. The summed E-state index contributed by atoms with van der Waals surface area (Å²) in [6.45, 7) is 2.85. The Hall–Kier alpha value is -0.590. The standard InChI is InChI=1S/C15H11BrClIN2/c1-9-3-2-4-13(18)12(9)8-20-14-7-10(16)5-6-11(14)15(17)19-20/h2-7H,8H2,1H3. The lowest BCUT2D eigenvalue weighted by Gasteiger charge is -2.09. The molecule has 0 unspecified atom stereocenters. The van der Waals surface area contributed by atoms with Crippen LogP contribution in [-0.4, -0.2) is 9.78 Å². The molecule has 5 heteroatoms. The smallest absolute Gasteiger partial charge is 0.158 e. The maximum absolute atomic E-state index is 6.23. The molecule has 0 atom stereocenters. The molecule has 0 N–H and O–H groups in total. The maximum atomic E-state index is 6.23. The molecular formula is C15H11BrClIN2. The van der Waals surface area contributed by atoms with Crippen LogP contribution in [0.4, 0.5) is 0 Å². The van der Waals surface area contributed by atoms with Crippen LogP contribution in [0.25, 0.3) is 10.9 Å². The van der Waals surface area contributed by atoms with Gasteiger partial charge in [0.15, 0.2) is 5.15 Å². The minimum Gasteiger partial charge on any atom is -0.259 e. The Labute approximate surface area is 144 Å². The number of halogens is 3. The van der Waals surface area contributed by atoms with E-state index < -0.39 is 0 Å². The van der Waals surface area contributed by atoms with E-state index >= 15 is 0 Å². The Morgan fingerprint density at radius 2 is 2.10 bits per heavy atom. The van der Waals surface area contributed by atoms with E-state index in [0.717, 1.165) is 21.9 Å². The van der Waals surface area contributed by atoms with Crippen molar-refractivity contribution in [2.45, 2.75) is 13.5 Å². The predicted molar refractivity (Wildman–Crippen MR) is 95.4 cm³/mol. The van der Waals surface area contributed by atoms with Crippen molar-refractivity contribution in [1.82, 2.24) is 9.78 Å². The van der Waals surface area contributed by atoms with Gasteiger partial charge in [0.05, 0.1) is 12.1 Å². The first kappa shape index (κ1) is 14.4. The summed E-state index contributed by atoms with van der Waals surface area (Å²) in [6, 6.07) is 12.4. The van der Waals surface area contributed by atoms with E-state index in [0.29, 0.717) is 5.15 Å². The molecular weight excluding hydrogens is 450 g/mol. The topological polar surface area (TPSA) is 17.8 Å². The van der Waals surface area contributed by atoms with Gasteiger partial charge in [-0.15, -0.1) is 0 Å². The van der Waals surface area contributed by atoms with Crippen molar-refractivity contribution in [2.24, 2.45) is 0 Å². The molecule has 2 nitrogen and oxygen atoms in total. The van der Waals surface area contributed by atoms with Gasteiger partial charge in [0.25, 0.3) is 0 Å². The second-order valence-corrected chi connectivity index (χ2v) is 7.08. The van der Waals surface area contributed by atoms with E-state index in [-0.39, 0.29) is 0 Å². The minimum absolute atomic E-state index is 0.552. The molecule has 2 aromatic carbocycles. The maximum Gasteiger partial charge on any atom is 0.158 e. The number of fused-ring (bicyclic) bond motifs is 1. The highest BCUT2D eigenvalue weighted by Gasteiger charge is 2.11. The van der Waals surface area contributed by atoms with Gasteiger partial charge in [0, 0.05) is 13.4 Å². The van der Waals surface area contributed by atoms with Crippen molar-refractivity contribution >= 4 is 61.0 Å². The average Bonchev–Trinajstić information content (AvgIpc) is 2.70. The van der Waals surface area contributed by atoms with Crippen LogP contribution in [0.5, 0.6) is 0 Å². The van der Waals surface area contributed by atoms with Gasteiger partial charge in [0.2, 0.25) is 0 Å². The number of nitrogens with zero attached hydrogens (tertiary/aromatic N) is 2. The number of rotatable bonds is 2. The van der Waals surface area contributed by atoms with Crippen molar-refractivity contribution in [1.29, 1.82) is 0 Å². The molecule has 20 heavy (non-hydrogen) atoms. The van der Waals surface area contributed by atoms with Gasteiger partial charge < -0.3 is 0 Å². The molecule has 0 radical (unpaired) electrons. The fourth-order valence-electron chi connectivity index (χ4n) is 2.24. The number of aryl methyl sites for hydroxylation is 1. The fourth-order valence-corrected chi connectivity index (χ4v) is 3.65. The summed E-state index contributed by atoms with van der Waals surface area (Å²) in [4.78, 5) is 0. The van der Waals surface area contributed by atoms with Crippen molar-refractivity contribution in [2.75, 3.05) is 0 Å². The molecule has 0 bridgehead atoms. The molecule has 1 heterocycles. The summed E-state index contributed by atoms with van der Waals surface area (Å²) in [6.07, 6.45) is 0. The largest absolute Gasteiger partial charge is 0.259 e. The molecule has 0 amide bonds. The first-order chi connectivity index (χ1) is 9.56. The third-order valence-corrected chi connectivity index (χ3v) is 5.11. The Bertz CT molecular complexity index is 778. The van der Waals surface area contributed by atoms with E-state index in [4.69, 9.17) is 11.6 Å². The number of benzene rings is 2. The molecule has 0 saturated heterocycles. The molecule has 0 aliphatic rings. The second kappa shape index (κ2) is 5.66. The summed E-state index contributed by atoms with van der Waals surface area (Å²) in [5.74, 6) is 0. The van der Waals surface area contributed by atoms with Crippen LogP contribution in [0.15, 0.2) is 40.9 Å². The highest BCUT2D eigenvalue weighted by atomic mass is 127. The molecule has 102 valence electrons. The summed E-state index contributed by atoms with van der Waals surface area (Å²) in [5.41, 5.74) is 3.60. The second-order valence-electron chi connectivity index (χ2n) is 4.65. The van der Waals surface area contributed by atoms with E-state index in [1.165, 1.54) is 14.7 Å². The van der Waals surface area contributed by atoms with Crippen molar-refractivity contribution in [3.05, 3.63) is 60.7 Å². The minimum atomic E-state index is 0.552. The lowest BCUT2D eigenvalue weighted by Crippen LogP contribution is -2.05. The first-order valence-corrected chi connectivity index (χ1v) is 8.37. The van der Waals surface area contributed by atoms with E-state index in [9.17, 15) is 0 Å². The molecule has 1 aromatic heterocycles. The van der Waals surface area contributed by atoms with Gasteiger partial charge >= 0.3 is 0 Å². The summed E-state index contributed by atoms with van der Waals surface area (Å²) in [5, 5.41) is 6.00. The van der Waals surface area contributed by atoms with Crippen LogP contribution < -0.4 is 0 Å². The van der Waals surface area contributed by atoms with Crippen molar-refractivity contribution < 1.29 is 0 Å². The van der Waals surface area contributed by atoms with Crippen LogP contribution >= 0.6 is 50.1 Å². The summed E-state index contributed by atoms with van der Waals surface area (Å²) < 4.78 is 4.24. The van der Waals surface area contributed by atoms with E-state index in [2.05, 4.69) is 74.8 Å². The van der Waals surface area contributed by atoms with Crippen LogP contribution in [0.1, 0.15) is 11.1 Å². The summed E-state index contributed by atoms with van der Waals surface area (Å²) in [7, 11) is 0. The Kier molecular flexibility index (Phi) is 4.06. The third-order valence-electron chi connectivity index (χ3n) is 3.33. The van der Waals surface area contributed by atoms with Crippen LogP contribution in [0.3, 0.4) is 0 Å². The zero-order valence-corrected chi connectivity index (χ0v) is 15.2. The highest BCUT2D eigenvalue weighted by molar-refractivity contribution is 14.1. The number of hydrogen-bond acceptors (Lipinski definition) is 1. The lowest BCUT2D eigenvalue weighted by molar-refractivity contribution is 0.707. The molecule has 3 rings (SSSR count). The Balaban J connectivity index is 2.14. The molecule has 0 saturated carbocycles. The van der Waals surface area contributed by atoms with Gasteiger partial charge in [-0.05, 0) is 64.9 Å². The van der Waals surface area contributed by atoms with Crippen LogP contribution in [0, 0.1) is 10.5 Å². The lowest BCUT2D eigenvalue weighted by atomic mass is 10.1. The highest BCUT2D eigenvalue weighted by Crippen LogP contribution is 2.27. The Morgan fingerprint density at radius 3 is 2.85 bits per heavy atom. The van der Waals surface area contributed by atoms with Crippen LogP contribution in [-0.2, 0) is 6.54 Å². The van der Waals surface area contributed by atoms with E-state index in [1.807, 2.05) is 16.8 Å². The van der Waals surface area contributed by atoms with Gasteiger partial charge in [-0.2, -0.15) is 5.10 Å². The SMILES string of the molecule is Cc1cccc(I)c1Cn1nc(Cl)c2ccc(Br)cc21. The number of hydrogen-bond donors (Lipinski definition) is 0. The fraction of sp³-hybridized carbons (Fsp3) is 0.133. The van der Waals surface area contributed by atoms with Gasteiger partial charge in [-0.3, -0.25) is 4.68 Å². The predicted octanol–water partition coefficient (Wildman–Crippen LogP) is 5.41. The molecule has 0 spiro atoms. The van der Waals surface area contributed by atoms with E-state index in [1.54, 1.807) is 0 Å². The molecule has 0 aliphatic heterocycles. The molecule has 0 fully saturated rings. The first-order valence-electron chi connectivity index (χ1n) is 6.12. The molecule has 0 aliphatic carbocycles. The number of aromatic nitrogens is 2. The van der Waals surface area contributed by atoms with Crippen molar-refractivity contribution in [3.8, 4) is 0 Å². The zero-order valence-electron chi connectivity index (χ0n) is 10.7. The quantitative estimate of drug-likeness (QED) is 0.467. The normalized spacial score (nSPS) is 11.2. The van der Waals surface area contributed by atoms with Gasteiger partial charge in [-0.1, -0.05) is 39.7 Å². The van der Waals surface area contributed by atoms with Gasteiger partial charge in [-0.25, -0.2) is 0 Å². The zero-order chi connectivity index (χ0) is 14.3. The third kappa shape index (κ3) is 2.61.